The molecule has 1 aliphatic heterocycles. The average molecular weight is 282 g/mol. The van der Waals surface area contributed by atoms with E-state index in [0.717, 1.165) is 30.7 Å². The fourth-order valence-electron chi connectivity index (χ4n) is 1.74. The zero-order chi connectivity index (χ0) is 11.4. The Labute approximate surface area is 105 Å². The van der Waals surface area contributed by atoms with Crippen LogP contribution in [-0.2, 0) is 4.74 Å². The quantitative estimate of drug-likeness (QED) is 0.856. The second kappa shape index (κ2) is 5.51. The maximum atomic E-state index is 5.41. The van der Waals surface area contributed by atoms with Crippen LogP contribution in [0.1, 0.15) is 12.0 Å². The number of hydrogen-bond donors (Lipinski definition) is 1. The highest BCUT2D eigenvalue weighted by molar-refractivity contribution is 9.10. The number of halogens is 1. The SMILES string of the molecule is Cc1c(Br)cccc1NCC1=CCCOC1. The van der Waals surface area contributed by atoms with Crippen molar-refractivity contribution in [1.29, 1.82) is 0 Å². The molecule has 0 radical (unpaired) electrons. The number of hydrogen-bond acceptors (Lipinski definition) is 2. The summed E-state index contributed by atoms with van der Waals surface area (Å²) in [6, 6.07) is 6.21. The average Bonchev–Trinajstić information content (AvgIpc) is 2.32. The Morgan fingerprint density at radius 2 is 2.31 bits per heavy atom. The zero-order valence-corrected chi connectivity index (χ0v) is 11.0. The summed E-state index contributed by atoms with van der Waals surface area (Å²) in [6.45, 7) is 4.61. The van der Waals surface area contributed by atoms with E-state index < -0.39 is 0 Å². The molecule has 16 heavy (non-hydrogen) atoms. The molecule has 1 aliphatic rings. The van der Waals surface area contributed by atoms with Crippen LogP contribution in [0, 0.1) is 6.92 Å². The Bertz CT molecular complexity index is 401. The first-order valence-corrected chi connectivity index (χ1v) is 6.31. The summed E-state index contributed by atoms with van der Waals surface area (Å²) in [6.07, 6.45) is 3.30. The smallest absolute Gasteiger partial charge is 0.0693 e. The van der Waals surface area contributed by atoms with Crippen molar-refractivity contribution in [2.24, 2.45) is 0 Å². The highest BCUT2D eigenvalue weighted by Gasteiger charge is 2.05. The predicted octanol–water partition coefficient (Wildman–Crippen LogP) is 3.52. The van der Waals surface area contributed by atoms with Gasteiger partial charge in [0.15, 0.2) is 0 Å². The molecule has 0 amide bonds. The standard InChI is InChI=1S/C13H16BrNO/c1-10-12(14)5-2-6-13(10)15-8-11-4-3-7-16-9-11/h2,4-6,15H,3,7-9H2,1H3. The second-order valence-corrected chi connectivity index (χ2v) is 4.82. The topological polar surface area (TPSA) is 21.3 Å². The molecule has 1 aromatic rings. The fraction of sp³-hybridized carbons (Fsp3) is 0.385. The molecular formula is C13H16BrNO. The third-order valence-corrected chi connectivity index (χ3v) is 3.62. The van der Waals surface area contributed by atoms with Gasteiger partial charge in [-0.2, -0.15) is 0 Å². The van der Waals surface area contributed by atoms with E-state index in [1.165, 1.54) is 16.8 Å². The Balaban J connectivity index is 1.99. The molecule has 86 valence electrons. The molecule has 0 saturated carbocycles. The predicted molar refractivity (Wildman–Crippen MR) is 70.9 cm³/mol. The van der Waals surface area contributed by atoms with E-state index in [4.69, 9.17) is 4.74 Å². The summed E-state index contributed by atoms with van der Waals surface area (Å²) >= 11 is 3.53. The van der Waals surface area contributed by atoms with Crippen molar-refractivity contribution in [2.75, 3.05) is 25.1 Å². The van der Waals surface area contributed by atoms with Gasteiger partial charge in [-0.25, -0.2) is 0 Å². The van der Waals surface area contributed by atoms with Crippen molar-refractivity contribution in [1.82, 2.24) is 0 Å². The monoisotopic (exact) mass is 281 g/mol. The summed E-state index contributed by atoms with van der Waals surface area (Å²) < 4.78 is 6.55. The lowest BCUT2D eigenvalue weighted by molar-refractivity contribution is 0.150. The van der Waals surface area contributed by atoms with Crippen LogP contribution in [0.5, 0.6) is 0 Å². The summed E-state index contributed by atoms with van der Waals surface area (Å²) in [5.74, 6) is 0. The maximum Gasteiger partial charge on any atom is 0.0693 e. The normalized spacial score (nSPS) is 15.8. The van der Waals surface area contributed by atoms with E-state index in [2.05, 4.69) is 46.4 Å². The molecule has 0 saturated heterocycles. The highest BCUT2D eigenvalue weighted by atomic mass is 79.9. The number of nitrogens with one attached hydrogen (secondary N) is 1. The Morgan fingerprint density at radius 1 is 1.44 bits per heavy atom. The lowest BCUT2D eigenvalue weighted by Crippen LogP contribution is -2.14. The third kappa shape index (κ3) is 2.86. The third-order valence-electron chi connectivity index (χ3n) is 2.76. The lowest BCUT2D eigenvalue weighted by Gasteiger charge is -2.16. The highest BCUT2D eigenvalue weighted by Crippen LogP contribution is 2.23. The Kier molecular flexibility index (Phi) is 4.02. The summed E-state index contributed by atoms with van der Waals surface area (Å²) in [4.78, 5) is 0. The molecule has 1 N–H and O–H groups in total. The number of anilines is 1. The summed E-state index contributed by atoms with van der Waals surface area (Å²) in [7, 11) is 0. The van der Waals surface area contributed by atoms with Crippen LogP contribution in [0.4, 0.5) is 5.69 Å². The molecular weight excluding hydrogens is 266 g/mol. The van der Waals surface area contributed by atoms with E-state index in [-0.39, 0.29) is 0 Å². The number of benzene rings is 1. The Hall–Kier alpha value is -0.800. The van der Waals surface area contributed by atoms with Crippen molar-refractivity contribution in [3.05, 3.63) is 39.9 Å². The van der Waals surface area contributed by atoms with Gasteiger partial charge in [-0.1, -0.05) is 28.1 Å². The number of rotatable bonds is 3. The summed E-state index contributed by atoms with van der Waals surface area (Å²) in [5.41, 5.74) is 3.77. The molecule has 3 heteroatoms. The van der Waals surface area contributed by atoms with Crippen LogP contribution >= 0.6 is 15.9 Å². The van der Waals surface area contributed by atoms with Crippen molar-refractivity contribution in [2.45, 2.75) is 13.3 Å². The Morgan fingerprint density at radius 3 is 3.06 bits per heavy atom. The van der Waals surface area contributed by atoms with Crippen LogP contribution in [0.15, 0.2) is 34.3 Å². The molecule has 0 aliphatic carbocycles. The van der Waals surface area contributed by atoms with E-state index >= 15 is 0 Å². The van der Waals surface area contributed by atoms with Gasteiger partial charge in [0.1, 0.15) is 0 Å². The van der Waals surface area contributed by atoms with Gasteiger partial charge in [0.25, 0.3) is 0 Å². The van der Waals surface area contributed by atoms with Crippen molar-refractivity contribution in [3.8, 4) is 0 Å². The van der Waals surface area contributed by atoms with Crippen LogP contribution in [0.3, 0.4) is 0 Å². The van der Waals surface area contributed by atoms with Crippen LogP contribution < -0.4 is 5.32 Å². The van der Waals surface area contributed by atoms with Crippen molar-refractivity contribution in [3.63, 3.8) is 0 Å². The molecule has 0 fully saturated rings. The first-order chi connectivity index (χ1) is 7.77. The minimum Gasteiger partial charge on any atom is -0.381 e. The van der Waals surface area contributed by atoms with Gasteiger partial charge in [0, 0.05) is 16.7 Å². The molecule has 0 spiro atoms. The maximum absolute atomic E-state index is 5.41. The van der Waals surface area contributed by atoms with Crippen LogP contribution in [0.25, 0.3) is 0 Å². The van der Waals surface area contributed by atoms with E-state index in [0.29, 0.717) is 0 Å². The first-order valence-electron chi connectivity index (χ1n) is 5.52. The lowest BCUT2D eigenvalue weighted by atomic mass is 10.1. The van der Waals surface area contributed by atoms with Crippen molar-refractivity contribution < 1.29 is 4.74 Å². The van der Waals surface area contributed by atoms with Gasteiger partial charge in [0.2, 0.25) is 0 Å². The van der Waals surface area contributed by atoms with Crippen molar-refractivity contribution >= 4 is 21.6 Å². The molecule has 2 nitrogen and oxygen atoms in total. The minimum absolute atomic E-state index is 0.764. The van der Waals surface area contributed by atoms with Gasteiger partial charge >= 0.3 is 0 Å². The molecule has 1 heterocycles. The van der Waals surface area contributed by atoms with Gasteiger partial charge in [0.05, 0.1) is 13.2 Å². The van der Waals surface area contributed by atoms with Crippen LogP contribution in [0.2, 0.25) is 0 Å². The minimum atomic E-state index is 0.764. The largest absolute Gasteiger partial charge is 0.381 e. The van der Waals surface area contributed by atoms with Gasteiger partial charge in [-0.15, -0.1) is 0 Å². The van der Waals surface area contributed by atoms with Gasteiger partial charge in [-0.3, -0.25) is 0 Å². The molecule has 1 aromatic carbocycles. The molecule has 2 rings (SSSR count). The van der Waals surface area contributed by atoms with E-state index in [9.17, 15) is 0 Å². The fourth-order valence-corrected chi connectivity index (χ4v) is 2.11. The summed E-state index contributed by atoms with van der Waals surface area (Å²) in [5, 5.41) is 3.45. The number of ether oxygens (including phenoxy) is 1. The molecule has 0 unspecified atom stereocenters. The van der Waals surface area contributed by atoms with Gasteiger partial charge < -0.3 is 10.1 Å². The molecule has 0 atom stereocenters. The van der Waals surface area contributed by atoms with Crippen LogP contribution in [-0.4, -0.2) is 19.8 Å². The molecule has 0 aromatic heterocycles. The molecule has 0 bridgehead atoms. The zero-order valence-electron chi connectivity index (χ0n) is 9.42. The van der Waals surface area contributed by atoms with E-state index in [1.807, 2.05) is 6.07 Å². The van der Waals surface area contributed by atoms with Gasteiger partial charge in [-0.05, 0) is 36.6 Å². The first kappa shape index (κ1) is 11.7. The van der Waals surface area contributed by atoms with E-state index in [1.54, 1.807) is 0 Å². The second-order valence-electron chi connectivity index (χ2n) is 3.97.